The number of amides is 1. The second kappa shape index (κ2) is 6.18. The van der Waals surface area contributed by atoms with Gasteiger partial charge in [-0.2, -0.15) is 5.10 Å². The Hall–Kier alpha value is -2.93. The Morgan fingerprint density at radius 2 is 2.08 bits per heavy atom. The first kappa shape index (κ1) is 15.6. The minimum atomic E-state index is -0.697. The number of hydrogen-bond donors (Lipinski definition) is 3. The normalized spacial score (nSPS) is 16.6. The Morgan fingerprint density at radius 3 is 2.84 bits per heavy atom. The number of anilines is 1. The molecule has 2 aromatic heterocycles. The Morgan fingerprint density at radius 1 is 1.24 bits per heavy atom. The molecule has 1 fully saturated rings. The molecule has 4 rings (SSSR count). The molecule has 3 N–H and O–H groups in total. The molecular formula is C18H19N5O2. The molecule has 3 heterocycles. The number of aromatic nitrogens is 3. The highest BCUT2D eigenvalue weighted by atomic mass is 16.2. The molecule has 128 valence electrons. The maximum absolute atomic E-state index is 13.1. The van der Waals surface area contributed by atoms with Gasteiger partial charge < -0.3 is 15.6 Å². The Labute approximate surface area is 144 Å². The van der Waals surface area contributed by atoms with E-state index < -0.39 is 5.54 Å². The summed E-state index contributed by atoms with van der Waals surface area (Å²) in [5.41, 5.74) is -0.160. The number of carbonyl (C=O) groups excluding carboxylic acids is 1. The fourth-order valence-corrected chi connectivity index (χ4v) is 3.44. The molecule has 0 saturated carbocycles. The van der Waals surface area contributed by atoms with Crippen LogP contribution in [-0.4, -0.2) is 33.8 Å². The first-order valence-corrected chi connectivity index (χ1v) is 8.33. The summed E-state index contributed by atoms with van der Waals surface area (Å²) < 4.78 is 1.76. The number of carbonyl (C=O) groups is 1. The summed E-state index contributed by atoms with van der Waals surface area (Å²) in [6.45, 7) is 1.53. The van der Waals surface area contributed by atoms with Crippen LogP contribution in [0.4, 0.5) is 5.69 Å². The fourth-order valence-electron chi connectivity index (χ4n) is 3.44. The lowest BCUT2D eigenvalue weighted by Gasteiger charge is -2.36. The number of nitrogens with one attached hydrogen (secondary N) is 3. The number of aromatic amines is 1. The van der Waals surface area contributed by atoms with E-state index in [1.165, 1.54) is 0 Å². The van der Waals surface area contributed by atoms with Crippen molar-refractivity contribution in [1.82, 2.24) is 20.1 Å². The molecule has 25 heavy (non-hydrogen) atoms. The number of fused-ring (bicyclic) bond motifs is 1. The lowest BCUT2D eigenvalue weighted by atomic mass is 9.87. The highest BCUT2D eigenvalue weighted by Gasteiger charge is 2.42. The average Bonchev–Trinajstić information content (AvgIpc) is 3.17. The molecule has 1 saturated heterocycles. The first-order valence-electron chi connectivity index (χ1n) is 8.33. The van der Waals surface area contributed by atoms with Gasteiger partial charge in [-0.1, -0.05) is 0 Å². The highest BCUT2D eigenvalue weighted by Crippen LogP contribution is 2.29. The molecule has 1 aliphatic rings. The van der Waals surface area contributed by atoms with E-state index in [2.05, 4.69) is 20.7 Å². The van der Waals surface area contributed by atoms with Gasteiger partial charge in [0.2, 0.25) is 0 Å². The van der Waals surface area contributed by atoms with Crippen LogP contribution in [0.25, 0.3) is 10.8 Å². The zero-order chi connectivity index (χ0) is 17.3. The minimum absolute atomic E-state index is 0.0816. The Kier molecular flexibility index (Phi) is 3.85. The molecule has 0 bridgehead atoms. The van der Waals surface area contributed by atoms with E-state index in [1.54, 1.807) is 29.2 Å². The van der Waals surface area contributed by atoms with Crippen LogP contribution < -0.4 is 16.2 Å². The number of rotatable bonds is 3. The summed E-state index contributed by atoms with van der Waals surface area (Å²) in [4.78, 5) is 27.6. The molecule has 0 unspecified atom stereocenters. The number of benzene rings is 1. The summed E-state index contributed by atoms with van der Waals surface area (Å²) in [6.07, 6.45) is 6.49. The molecule has 0 aliphatic carbocycles. The van der Waals surface area contributed by atoms with Gasteiger partial charge in [0.05, 0.1) is 0 Å². The van der Waals surface area contributed by atoms with Crippen LogP contribution in [0.5, 0.6) is 0 Å². The third-order valence-corrected chi connectivity index (χ3v) is 4.83. The van der Waals surface area contributed by atoms with Crippen molar-refractivity contribution in [1.29, 1.82) is 0 Å². The molecule has 0 spiro atoms. The standard InChI is InChI=1S/C18H19N5O2/c24-16-15-3-2-14(12-13(15)4-8-20-16)22-17(25)18(5-9-19-10-6-18)23-11-1-7-21-23/h1-4,7-8,11-12,19H,5-6,9-10H2,(H,20,24)(H,22,25). The van der Waals surface area contributed by atoms with Crippen LogP contribution in [-0.2, 0) is 10.3 Å². The second-order valence-corrected chi connectivity index (χ2v) is 6.30. The molecule has 7 heteroatoms. The van der Waals surface area contributed by atoms with E-state index in [4.69, 9.17) is 0 Å². The maximum atomic E-state index is 13.1. The van der Waals surface area contributed by atoms with Gasteiger partial charge in [-0.05, 0) is 61.6 Å². The Bertz CT molecular complexity index is 955. The van der Waals surface area contributed by atoms with E-state index in [-0.39, 0.29) is 11.5 Å². The van der Waals surface area contributed by atoms with E-state index in [0.29, 0.717) is 23.9 Å². The molecule has 1 aliphatic heterocycles. The van der Waals surface area contributed by atoms with Gasteiger partial charge in [-0.3, -0.25) is 14.3 Å². The van der Waals surface area contributed by atoms with Crippen molar-refractivity contribution in [2.75, 3.05) is 18.4 Å². The zero-order valence-corrected chi connectivity index (χ0v) is 13.7. The lowest BCUT2D eigenvalue weighted by Crippen LogP contribution is -2.52. The molecule has 0 radical (unpaired) electrons. The zero-order valence-electron chi connectivity index (χ0n) is 13.7. The SMILES string of the molecule is O=C(Nc1ccc2c(=O)[nH]ccc2c1)C1(n2cccn2)CCNCC1. The number of nitrogens with zero attached hydrogens (tertiary/aromatic N) is 2. The van der Waals surface area contributed by atoms with Crippen molar-refractivity contribution in [3.63, 3.8) is 0 Å². The predicted octanol–water partition coefficient (Wildman–Crippen LogP) is 1.44. The van der Waals surface area contributed by atoms with Crippen molar-refractivity contribution >= 4 is 22.4 Å². The Balaban J connectivity index is 1.67. The van der Waals surface area contributed by atoms with Crippen molar-refractivity contribution < 1.29 is 4.79 Å². The first-order chi connectivity index (χ1) is 12.2. The summed E-state index contributed by atoms with van der Waals surface area (Å²) in [7, 11) is 0. The summed E-state index contributed by atoms with van der Waals surface area (Å²) in [5.74, 6) is -0.0816. The van der Waals surface area contributed by atoms with Crippen LogP contribution in [0.15, 0.2) is 53.7 Å². The third-order valence-electron chi connectivity index (χ3n) is 4.83. The summed E-state index contributed by atoms with van der Waals surface area (Å²) in [6, 6.07) is 8.96. The van der Waals surface area contributed by atoms with Gasteiger partial charge >= 0.3 is 0 Å². The van der Waals surface area contributed by atoms with E-state index in [1.807, 2.05) is 24.4 Å². The largest absolute Gasteiger partial charge is 0.329 e. The average molecular weight is 337 g/mol. The van der Waals surface area contributed by atoms with Gasteiger partial charge in [-0.15, -0.1) is 0 Å². The van der Waals surface area contributed by atoms with Crippen LogP contribution in [0.1, 0.15) is 12.8 Å². The van der Waals surface area contributed by atoms with Gasteiger partial charge in [0, 0.05) is 29.7 Å². The van der Waals surface area contributed by atoms with Crippen molar-refractivity contribution in [2.45, 2.75) is 18.4 Å². The smallest absolute Gasteiger partial charge is 0.255 e. The quantitative estimate of drug-likeness (QED) is 0.674. The van der Waals surface area contributed by atoms with Crippen molar-refractivity contribution in [2.24, 2.45) is 0 Å². The number of pyridine rings is 1. The van der Waals surface area contributed by atoms with Crippen LogP contribution in [0.2, 0.25) is 0 Å². The van der Waals surface area contributed by atoms with Crippen LogP contribution in [0, 0.1) is 0 Å². The monoisotopic (exact) mass is 337 g/mol. The molecular weight excluding hydrogens is 318 g/mol. The van der Waals surface area contributed by atoms with Gasteiger partial charge in [-0.25, -0.2) is 0 Å². The summed E-state index contributed by atoms with van der Waals surface area (Å²) in [5, 5.41) is 12.0. The minimum Gasteiger partial charge on any atom is -0.329 e. The topological polar surface area (TPSA) is 91.8 Å². The van der Waals surface area contributed by atoms with E-state index in [9.17, 15) is 9.59 Å². The second-order valence-electron chi connectivity index (χ2n) is 6.30. The van der Waals surface area contributed by atoms with E-state index >= 15 is 0 Å². The van der Waals surface area contributed by atoms with Crippen molar-refractivity contribution in [3.8, 4) is 0 Å². The van der Waals surface area contributed by atoms with Gasteiger partial charge in [0.15, 0.2) is 0 Å². The molecule has 1 aromatic carbocycles. The van der Waals surface area contributed by atoms with E-state index in [0.717, 1.165) is 18.5 Å². The third kappa shape index (κ3) is 2.72. The predicted molar refractivity (Wildman–Crippen MR) is 95.5 cm³/mol. The molecule has 3 aromatic rings. The number of H-pyrrole nitrogens is 1. The molecule has 7 nitrogen and oxygen atoms in total. The molecule has 1 amide bonds. The van der Waals surface area contributed by atoms with Crippen molar-refractivity contribution in [3.05, 3.63) is 59.3 Å². The highest BCUT2D eigenvalue weighted by molar-refractivity contribution is 5.98. The summed E-state index contributed by atoms with van der Waals surface area (Å²) >= 11 is 0. The lowest BCUT2D eigenvalue weighted by molar-refractivity contribution is -0.126. The number of hydrogen-bond acceptors (Lipinski definition) is 4. The molecule has 0 atom stereocenters. The maximum Gasteiger partial charge on any atom is 0.255 e. The van der Waals surface area contributed by atoms with Gasteiger partial charge in [0.1, 0.15) is 5.54 Å². The van der Waals surface area contributed by atoms with Crippen LogP contribution in [0.3, 0.4) is 0 Å². The number of piperidine rings is 1. The van der Waals surface area contributed by atoms with Crippen LogP contribution >= 0.6 is 0 Å². The fraction of sp³-hybridized carbons (Fsp3) is 0.278. The van der Waals surface area contributed by atoms with Gasteiger partial charge in [0.25, 0.3) is 11.5 Å².